The van der Waals surface area contributed by atoms with E-state index in [2.05, 4.69) is 171 Å². The molecule has 54 heavy (non-hydrogen) atoms. The molecular weight excluding hydrogens is 657 g/mol. The first-order valence-corrected chi connectivity index (χ1v) is 18.7. The molecule has 4 nitrogen and oxygen atoms in total. The Morgan fingerprint density at radius 1 is 0.519 bits per heavy atom. The Hall–Kier alpha value is -6.65. The molecule has 0 spiro atoms. The maximum atomic E-state index is 5.29. The zero-order valence-electron chi connectivity index (χ0n) is 30.4. The van der Waals surface area contributed by atoms with Crippen molar-refractivity contribution >= 4 is 49.3 Å². The van der Waals surface area contributed by atoms with Crippen LogP contribution in [0.15, 0.2) is 164 Å². The fraction of sp³-hybridized carbons (Fsp3) is 0.100. The van der Waals surface area contributed by atoms with Crippen LogP contribution in [0.5, 0.6) is 0 Å². The summed E-state index contributed by atoms with van der Waals surface area (Å²) < 4.78 is 2.29. The van der Waals surface area contributed by atoms with Gasteiger partial charge in [-0.15, -0.1) is 0 Å². The number of fused-ring (bicyclic) bond motifs is 12. The summed E-state index contributed by atoms with van der Waals surface area (Å²) >= 11 is 0. The van der Waals surface area contributed by atoms with Crippen molar-refractivity contribution < 1.29 is 0 Å². The molecule has 6 aromatic carbocycles. The number of hydrogen-bond acceptors (Lipinski definition) is 3. The number of para-hydroxylation sites is 2. The Kier molecular flexibility index (Phi) is 6.40. The third-order valence-electron chi connectivity index (χ3n) is 11.7. The summed E-state index contributed by atoms with van der Waals surface area (Å²) in [5, 5.41) is 4.55. The second-order valence-corrected chi connectivity index (χ2v) is 15.7. The van der Waals surface area contributed by atoms with E-state index in [0.717, 1.165) is 49.7 Å². The minimum atomic E-state index is -0.635. The molecule has 11 rings (SSSR count). The number of hydrogen-bond donors (Lipinski definition) is 0. The van der Waals surface area contributed by atoms with E-state index in [1.54, 1.807) is 0 Å². The van der Waals surface area contributed by atoms with Crippen molar-refractivity contribution in [3.05, 3.63) is 192 Å². The van der Waals surface area contributed by atoms with E-state index in [-0.39, 0.29) is 5.41 Å². The molecule has 0 saturated heterocycles. The van der Waals surface area contributed by atoms with Gasteiger partial charge in [0.05, 0.1) is 33.2 Å². The van der Waals surface area contributed by atoms with Crippen molar-refractivity contribution in [1.82, 2.24) is 19.4 Å². The van der Waals surface area contributed by atoms with Crippen molar-refractivity contribution in [2.24, 2.45) is 0 Å². The van der Waals surface area contributed by atoms with Crippen LogP contribution in [-0.4, -0.2) is 19.4 Å². The van der Waals surface area contributed by atoms with Crippen LogP contribution in [0.3, 0.4) is 0 Å². The second-order valence-electron chi connectivity index (χ2n) is 15.7. The van der Waals surface area contributed by atoms with Gasteiger partial charge in [0.1, 0.15) is 5.65 Å². The number of imidazole rings is 1. The van der Waals surface area contributed by atoms with Crippen LogP contribution in [0, 0.1) is 0 Å². The van der Waals surface area contributed by atoms with Gasteiger partial charge in [0.15, 0.2) is 0 Å². The van der Waals surface area contributed by atoms with E-state index in [4.69, 9.17) is 15.0 Å². The van der Waals surface area contributed by atoms with Gasteiger partial charge in [-0.25, -0.2) is 4.98 Å². The maximum absolute atomic E-state index is 5.29. The van der Waals surface area contributed by atoms with E-state index in [9.17, 15) is 0 Å². The van der Waals surface area contributed by atoms with Crippen LogP contribution >= 0.6 is 0 Å². The molecule has 256 valence electrons. The molecular formula is C50H36N4. The summed E-state index contributed by atoms with van der Waals surface area (Å²) in [6.07, 6.45) is 3.86. The minimum absolute atomic E-state index is 0.0111. The van der Waals surface area contributed by atoms with E-state index in [1.165, 1.54) is 49.7 Å². The molecule has 0 bridgehead atoms. The quantitative estimate of drug-likeness (QED) is 0.173. The van der Waals surface area contributed by atoms with Crippen LogP contribution < -0.4 is 0 Å². The van der Waals surface area contributed by atoms with E-state index < -0.39 is 5.41 Å². The van der Waals surface area contributed by atoms with Crippen molar-refractivity contribution in [2.75, 3.05) is 0 Å². The SMILES string of the molecule is CC(C)(C)c1ccnc(-c2cc(C3(c4ccc5c(c4)c4nc6ccccc6n4c4cccnc54)c4ccccc4-c4ccccc43)cc3ccccc23)c1. The number of aromatic nitrogens is 4. The van der Waals surface area contributed by atoms with Crippen LogP contribution in [0.25, 0.3) is 71.6 Å². The first kappa shape index (κ1) is 30.9. The monoisotopic (exact) mass is 692 g/mol. The minimum Gasteiger partial charge on any atom is -0.290 e. The Labute approximate surface area is 313 Å². The van der Waals surface area contributed by atoms with Gasteiger partial charge in [-0.1, -0.05) is 118 Å². The average molecular weight is 693 g/mol. The molecule has 0 amide bonds. The predicted octanol–water partition coefficient (Wildman–Crippen LogP) is 12.1. The Bertz CT molecular complexity index is 3120. The van der Waals surface area contributed by atoms with E-state index in [0.29, 0.717) is 0 Å². The lowest BCUT2D eigenvalue weighted by molar-refractivity contribution is 0.589. The first-order valence-electron chi connectivity index (χ1n) is 18.7. The lowest BCUT2D eigenvalue weighted by Crippen LogP contribution is -2.28. The van der Waals surface area contributed by atoms with Gasteiger partial charge in [0, 0.05) is 28.7 Å². The van der Waals surface area contributed by atoms with Gasteiger partial charge >= 0.3 is 0 Å². The number of pyridine rings is 3. The Morgan fingerprint density at radius 3 is 2.06 bits per heavy atom. The van der Waals surface area contributed by atoms with Crippen LogP contribution in [0.2, 0.25) is 0 Å². The number of rotatable bonds is 3. The van der Waals surface area contributed by atoms with Crippen LogP contribution in [0.4, 0.5) is 0 Å². The smallest absolute Gasteiger partial charge is 0.146 e. The van der Waals surface area contributed by atoms with Crippen molar-refractivity contribution in [2.45, 2.75) is 31.6 Å². The van der Waals surface area contributed by atoms with Crippen LogP contribution in [0.1, 0.15) is 48.6 Å². The van der Waals surface area contributed by atoms with Crippen molar-refractivity contribution in [1.29, 1.82) is 0 Å². The molecule has 0 radical (unpaired) electrons. The lowest BCUT2D eigenvalue weighted by atomic mass is 9.66. The highest BCUT2D eigenvalue weighted by Gasteiger charge is 2.46. The molecule has 0 aliphatic heterocycles. The molecule has 0 unspecified atom stereocenters. The highest BCUT2D eigenvalue weighted by atomic mass is 15.0. The van der Waals surface area contributed by atoms with Gasteiger partial charge in [0.25, 0.3) is 0 Å². The first-order chi connectivity index (χ1) is 26.4. The third-order valence-corrected chi connectivity index (χ3v) is 11.7. The highest BCUT2D eigenvalue weighted by Crippen LogP contribution is 2.57. The summed E-state index contributed by atoms with van der Waals surface area (Å²) in [5.41, 5.74) is 15.2. The van der Waals surface area contributed by atoms with Gasteiger partial charge in [-0.2, -0.15) is 0 Å². The largest absolute Gasteiger partial charge is 0.290 e. The zero-order valence-corrected chi connectivity index (χ0v) is 30.4. The molecule has 4 heterocycles. The fourth-order valence-corrected chi connectivity index (χ4v) is 9.21. The highest BCUT2D eigenvalue weighted by molar-refractivity contribution is 6.12. The maximum Gasteiger partial charge on any atom is 0.146 e. The van der Waals surface area contributed by atoms with Crippen molar-refractivity contribution in [3.8, 4) is 22.4 Å². The third kappa shape index (κ3) is 4.22. The molecule has 10 aromatic rings. The summed E-state index contributed by atoms with van der Waals surface area (Å²) in [6, 6.07) is 55.5. The molecule has 0 saturated carbocycles. The molecule has 0 atom stereocenters. The summed E-state index contributed by atoms with van der Waals surface area (Å²) in [5.74, 6) is 0. The van der Waals surface area contributed by atoms with Crippen LogP contribution in [-0.2, 0) is 10.8 Å². The van der Waals surface area contributed by atoms with E-state index >= 15 is 0 Å². The molecule has 0 fully saturated rings. The van der Waals surface area contributed by atoms with E-state index in [1.807, 2.05) is 18.5 Å². The Balaban J connectivity index is 1.30. The average Bonchev–Trinajstić information content (AvgIpc) is 3.75. The normalized spacial score (nSPS) is 13.6. The topological polar surface area (TPSA) is 43.1 Å². The molecule has 1 aliphatic carbocycles. The fourth-order valence-electron chi connectivity index (χ4n) is 9.21. The summed E-state index contributed by atoms with van der Waals surface area (Å²) in [6.45, 7) is 6.79. The Morgan fingerprint density at radius 2 is 1.24 bits per heavy atom. The predicted molar refractivity (Wildman–Crippen MR) is 222 cm³/mol. The van der Waals surface area contributed by atoms with Gasteiger partial charge < -0.3 is 0 Å². The zero-order chi connectivity index (χ0) is 36.2. The number of benzene rings is 6. The van der Waals surface area contributed by atoms with Gasteiger partial charge in [0.2, 0.25) is 0 Å². The summed E-state index contributed by atoms with van der Waals surface area (Å²) in [4.78, 5) is 15.3. The molecule has 0 N–H and O–H groups in total. The lowest BCUT2D eigenvalue weighted by Gasteiger charge is -2.35. The van der Waals surface area contributed by atoms with Gasteiger partial charge in [-0.3, -0.25) is 14.4 Å². The molecule has 1 aliphatic rings. The standard InChI is InChI=1S/C50H36N4/c1-49(2,3)32-24-26-51-44(30-32)39-29-34(27-31-13-4-5-14-35(31)39)50(41-17-8-6-15-36(41)37-16-7-9-18-42(37)50)33-22-23-38-40(28-33)48-53-43-19-10-11-20-45(43)54(48)46-21-12-25-52-47(38)46/h4-30H,1-3H3. The van der Waals surface area contributed by atoms with Gasteiger partial charge in [-0.05, 0) is 110 Å². The molecule has 4 heteroatoms. The summed E-state index contributed by atoms with van der Waals surface area (Å²) in [7, 11) is 0. The molecule has 4 aromatic heterocycles. The second kappa shape index (κ2) is 11.2. The number of nitrogens with zero attached hydrogens (tertiary/aromatic N) is 4. The van der Waals surface area contributed by atoms with Crippen molar-refractivity contribution in [3.63, 3.8) is 0 Å².